The molecule has 5 heteroatoms. The van der Waals surface area contributed by atoms with Gasteiger partial charge in [-0.25, -0.2) is 4.98 Å². The van der Waals surface area contributed by atoms with Crippen LogP contribution < -0.4 is 10.9 Å². The normalized spacial score (nSPS) is 10.3. The first kappa shape index (κ1) is 11.7. The lowest BCUT2D eigenvalue weighted by Crippen LogP contribution is -2.10. The topological polar surface area (TPSA) is 57.8 Å². The fourth-order valence-electron chi connectivity index (χ4n) is 1.45. The fraction of sp³-hybridized carbons (Fsp3) is 0.167. The van der Waals surface area contributed by atoms with E-state index >= 15 is 0 Å². The number of aromatic amines is 1. The summed E-state index contributed by atoms with van der Waals surface area (Å²) in [5.41, 5.74) is 2.27. The molecule has 1 aromatic carbocycles. The second kappa shape index (κ2) is 4.59. The van der Waals surface area contributed by atoms with Crippen molar-refractivity contribution in [2.75, 3.05) is 5.32 Å². The number of halogens is 1. The van der Waals surface area contributed by atoms with Gasteiger partial charge in [0.15, 0.2) is 0 Å². The summed E-state index contributed by atoms with van der Waals surface area (Å²) in [6, 6.07) is 7.01. The molecule has 4 nitrogen and oxygen atoms in total. The molecule has 0 aliphatic rings. The van der Waals surface area contributed by atoms with E-state index in [-0.39, 0.29) is 5.56 Å². The first-order valence-corrected chi connectivity index (χ1v) is 5.53. The number of nitrogens with one attached hydrogen (secondary N) is 2. The van der Waals surface area contributed by atoms with Gasteiger partial charge < -0.3 is 5.32 Å². The minimum absolute atomic E-state index is 0.182. The van der Waals surface area contributed by atoms with Crippen molar-refractivity contribution in [1.82, 2.24) is 9.97 Å². The minimum atomic E-state index is -0.182. The summed E-state index contributed by atoms with van der Waals surface area (Å²) in [4.78, 5) is 18.0. The third-order valence-corrected chi connectivity index (χ3v) is 2.71. The molecule has 0 saturated heterocycles. The average molecular weight is 250 g/mol. The van der Waals surface area contributed by atoms with Crippen LogP contribution in [0, 0.1) is 13.8 Å². The Balaban J connectivity index is 2.31. The average Bonchev–Trinajstić information content (AvgIpc) is 2.22. The number of aromatic nitrogens is 2. The van der Waals surface area contributed by atoms with Crippen LogP contribution in [0.3, 0.4) is 0 Å². The highest BCUT2D eigenvalue weighted by atomic mass is 35.5. The zero-order chi connectivity index (χ0) is 12.4. The first-order chi connectivity index (χ1) is 8.04. The van der Waals surface area contributed by atoms with Crippen molar-refractivity contribution in [3.63, 3.8) is 0 Å². The van der Waals surface area contributed by atoms with Crippen LogP contribution >= 0.6 is 11.6 Å². The van der Waals surface area contributed by atoms with Gasteiger partial charge in [0, 0.05) is 22.5 Å². The summed E-state index contributed by atoms with van der Waals surface area (Å²) in [7, 11) is 0. The largest absolute Gasteiger partial charge is 0.326 e. The predicted octanol–water partition coefficient (Wildman–Crippen LogP) is 2.78. The van der Waals surface area contributed by atoms with Gasteiger partial charge in [0.1, 0.15) is 0 Å². The van der Waals surface area contributed by atoms with E-state index in [0.717, 1.165) is 11.3 Å². The Kier molecular flexibility index (Phi) is 3.15. The lowest BCUT2D eigenvalue weighted by molar-refractivity contribution is 1.07. The molecule has 2 N–H and O–H groups in total. The van der Waals surface area contributed by atoms with Crippen molar-refractivity contribution >= 4 is 23.2 Å². The minimum Gasteiger partial charge on any atom is -0.326 e. The van der Waals surface area contributed by atoms with Crippen LogP contribution in [-0.4, -0.2) is 9.97 Å². The van der Waals surface area contributed by atoms with Gasteiger partial charge in [-0.1, -0.05) is 17.7 Å². The van der Waals surface area contributed by atoms with Crippen molar-refractivity contribution in [2.45, 2.75) is 13.8 Å². The summed E-state index contributed by atoms with van der Waals surface area (Å²) in [5.74, 6) is 0.412. The zero-order valence-corrected chi connectivity index (χ0v) is 10.3. The van der Waals surface area contributed by atoms with E-state index in [9.17, 15) is 4.79 Å². The van der Waals surface area contributed by atoms with Crippen LogP contribution in [-0.2, 0) is 0 Å². The third kappa shape index (κ3) is 2.85. The van der Waals surface area contributed by atoms with Gasteiger partial charge in [0.25, 0.3) is 5.56 Å². The van der Waals surface area contributed by atoms with E-state index in [1.165, 1.54) is 6.07 Å². The maximum atomic E-state index is 11.3. The Morgan fingerprint density at radius 1 is 1.29 bits per heavy atom. The number of nitrogens with zero attached hydrogens (tertiary/aromatic N) is 1. The molecule has 0 fully saturated rings. The van der Waals surface area contributed by atoms with Gasteiger partial charge in [0.05, 0.1) is 0 Å². The van der Waals surface area contributed by atoms with E-state index in [0.29, 0.717) is 16.7 Å². The van der Waals surface area contributed by atoms with Gasteiger partial charge in [-0.15, -0.1) is 0 Å². The van der Waals surface area contributed by atoms with Crippen molar-refractivity contribution in [3.05, 3.63) is 50.9 Å². The lowest BCUT2D eigenvalue weighted by atomic mass is 10.2. The second-order valence-corrected chi connectivity index (χ2v) is 4.23. The van der Waals surface area contributed by atoms with E-state index in [4.69, 9.17) is 11.6 Å². The van der Waals surface area contributed by atoms with Crippen molar-refractivity contribution in [1.29, 1.82) is 0 Å². The monoisotopic (exact) mass is 249 g/mol. The van der Waals surface area contributed by atoms with Gasteiger partial charge in [-0.2, -0.15) is 0 Å². The molecule has 0 saturated carbocycles. The van der Waals surface area contributed by atoms with Crippen LogP contribution in [0.4, 0.5) is 11.6 Å². The molecule has 1 aromatic heterocycles. The summed E-state index contributed by atoms with van der Waals surface area (Å²) >= 11 is 6.01. The van der Waals surface area contributed by atoms with Crippen LogP contribution in [0.1, 0.15) is 11.3 Å². The van der Waals surface area contributed by atoms with E-state index in [1.807, 2.05) is 19.1 Å². The van der Waals surface area contributed by atoms with Crippen LogP contribution in [0.15, 0.2) is 29.1 Å². The molecule has 1 heterocycles. The zero-order valence-electron chi connectivity index (χ0n) is 9.54. The first-order valence-electron chi connectivity index (χ1n) is 5.16. The quantitative estimate of drug-likeness (QED) is 0.861. The molecule has 0 amide bonds. The lowest BCUT2D eigenvalue weighted by Gasteiger charge is -2.07. The Morgan fingerprint density at radius 3 is 2.71 bits per heavy atom. The Bertz CT molecular complexity index is 607. The van der Waals surface area contributed by atoms with Gasteiger partial charge in [-0.05, 0) is 31.5 Å². The van der Waals surface area contributed by atoms with Crippen LogP contribution in [0.5, 0.6) is 0 Å². The summed E-state index contributed by atoms with van der Waals surface area (Å²) in [6.07, 6.45) is 0. The molecule has 0 aliphatic carbocycles. The maximum Gasteiger partial charge on any atom is 0.252 e. The molecule has 0 unspecified atom stereocenters. The molecule has 0 spiro atoms. The van der Waals surface area contributed by atoms with Crippen molar-refractivity contribution in [3.8, 4) is 0 Å². The van der Waals surface area contributed by atoms with E-state index in [1.54, 1.807) is 13.0 Å². The smallest absolute Gasteiger partial charge is 0.252 e. The number of rotatable bonds is 2. The molecule has 0 radical (unpaired) electrons. The summed E-state index contributed by atoms with van der Waals surface area (Å²) in [6.45, 7) is 3.70. The molecular formula is C12H12ClN3O. The maximum absolute atomic E-state index is 11.3. The Hall–Kier alpha value is -1.81. The van der Waals surface area contributed by atoms with Gasteiger partial charge >= 0.3 is 0 Å². The van der Waals surface area contributed by atoms with E-state index in [2.05, 4.69) is 15.3 Å². The second-order valence-electron chi connectivity index (χ2n) is 3.82. The molecule has 2 rings (SSSR count). The summed E-state index contributed by atoms with van der Waals surface area (Å²) < 4.78 is 0. The van der Waals surface area contributed by atoms with Crippen LogP contribution in [0.25, 0.3) is 0 Å². The number of anilines is 2. The van der Waals surface area contributed by atoms with Gasteiger partial charge in [0.2, 0.25) is 5.95 Å². The third-order valence-electron chi connectivity index (χ3n) is 2.30. The molecule has 88 valence electrons. The highest BCUT2D eigenvalue weighted by molar-refractivity contribution is 6.31. The highest BCUT2D eigenvalue weighted by Gasteiger charge is 2.01. The standard InChI is InChI=1S/C12H12ClN3O/c1-7-3-4-9(6-10(7)13)15-12-14-8(2)5-11(17)16-12/h3-6H,1-2H3,(H2,14,15,16,17). The summed E-state index contributed by atoms with van der Waals surface area (Å²) in [5, 5.41) is 3.67. The number of hydrogen-bond donors (Lipinski definition) is 2. The Morgan fingerprint density at radius 2 is 2.06 bits per heavy atom. The molecule has 0 atom stereocenters. The number of hydrogen-bond acceptors (Lipinski definition) is 3. The van der Waals surface area contributed by atoms with Gasteiger partial charge in [-0.3, -0.25) is 9.78 Å². The highest BCUT2D eigenvalue weighted by Crippen LogP contribution is 2.21. The number of benzene rings is 1. The molecule has 17 heavy (non-hydrogen) atoms. The van der Waals surface area contributed by atoms with Crippen molar-refractivity contribution < 1.29 is 0 Å². The predicted molar refractivity (Wildman–Crippen MR) is 69.1 cm³/mol. The van der Waals surface area contributed by atoms with Crippen molar-refractivity contribution in [2.24, 2.45) is 0 Å². The fourth-order valence-corrected chi connectivity index (χ4v) is 1.63. The van der Waals surface area contributed by atoms with Crippen LogP contribution in [0.2, 0.25) is 5.02 Å². The number of H-pyrrole nitrogens is 1. The molecule has 0 bridgehead atoms. The SMILES string of the molecule is Cc1cc(=O)[nH]c(Nc2ccc(C)c(Cl)c2)n1. The molecule has 2 aromatic rings. The van der Waals surface area contributed by atoms with E-state index < -0.39 is 0 Å². The number of aryl methyl sites for hydroxylation is 2. The molecular weight excluding hydrogens is 238 g/mol. The Labute approximate surface area is 104 Å². The molecule has 0 aliphatic heterocycles.